The van der Waals surface area contributed by atoms with E-state index in [1.807, 2.05) is 31.2 Å². The van der Waals surface area contributed by atoms with E-state index in [1.165, 1.54) is 5.56 Å². The topological polar surface area (TPSA) is 34.0 Å². The molecule has 3 rings (SSSR count). The van der Waals surface area contributed by atoms with Crippen molar-refractivity contribution < 1.29 is 4.79 Å². The zero-order valence-electron chi connectivity index (χ0n) is 11.0. The van der Waals surface area contributed by atoms with Crippen molar-refractivity contribution in [3.63, 3.8) is 0 Å². The molecule has 0 saturated heterocycles. The second kappa shape index (κ2) is 5.47. The Balaban J connectivity index is 2.10. The second-order valence-electron chi connectivity index (χ2n) is 4.96. The second-order valence-corrected chi connectivity index (χ2v) is 6.51. The third-order valence-electron chi connectivity index (χ3n) is 3.60. The van der Waals surface area contributed by atoms with Gasteiger partial charge in [-0.15, -0.1) is 0 Å². The molecule has 1 aliphatic heterocycles. The molecule has 0 atom stereocenters. The average Bonchev–Trinajstić information content (AvgIpc) is 2.72. The van der Waals surface area contributed by atoms with Crippen LogP contribution in [0.5, 0.6) is 0 Å². The first-order chi connectivity index (χ1) is 9.59. The highest BCUT2D eigenvalue weighted by molar-refractivity contribution is 9.13. The van der Waals surface area contributed by atoms with Crippen LogP contribution in [0.25, 0.3) is 0 Å². The highest BCUT2D eigenvalue weighted by Crippen LogP contribution is 2.35. The number of nitrogens with zero attached hydrogens (tertiary/aromatic N) is 1. The minimum atomic E-state index is 0.0146. The van der Waals surface area contributed by atoms with Crippen LogP contribution < -0.4 is 5.32 Å². The van der Waals surface area contributed by atoms with Crippen molar-refractivity contribution in [2.24, 2.45) is 0 Å². The molecule has 0 spiro atoms. The minimum absolute atomic E-state index is 0.0146. The van der Waals surface area contributed by atoms with Gasteiger partial charge >= 0.3 is 0 Å². The van der Waals surface area contributed by atoms with E-state index in [-0.39, 0.29) is 5.91 Å². The van der Waals surface area contributed by atoms with Crippen LogP contribution in [0.3, 0.4) is 0 Å². The van der Waals surface area contributed by atoms with Crippen LogP contribution in [-0.4, -0.2) is 17.0 Å². The Hall–Kier alpha value is -0.910. The first-order valence-corrected chi connectivity index (χ1v) is 8.07. The lowest BCUT2D eigenvalue weighted by molar-refractivity contribution is 0.0954. The lowest BCUT2D eigenvalue weighted by atomic mass is 10.1. The van der Waals surface area contributed by atoms with Gasteiger partial charge in [-0.25, -0.2) is 0 Å². The van der Waals surface area contributed by atoms with Gasteiger partial charge < -0.3 is 5.32 Å². The Morgan fingerprint density at radius 2 is 1.95 bits per heavy atom. The lowest BCUT2D eigenvalue weighted by Gasteiger charge is -2.16. The van der Waals surface area contributed by atoms with Crippen LogP contribution in [0.4, 0.5) is 0 Å². The largest absolute Gasteiger partial charge is 0.312 e. The number of aromatic nitrogens is 1. The van der Waals surface area contributed by atoms with Gasteiger partial charge in [0.2, 0.25) is 0 Å². The van der Waals surface area contributed by atoms with Crippen LogP contribution in [0.1, 0.15) is 27.2 Å². The summed E-state index contributed by atoms with van der Waals surface area (Å²) in [5, 5.41) is 3.33. The number of carbonyl (C=O) groups excluding carboxylic acids is 1. The fraction of sp³-hybridized carbons (Fsp3) is 0.267. The smallest absolute Gasteiger partial charge is 0.263 e. The third-order valence-corrected chi connectivity index (χ3v) is 5.74. The number of aryl methyl sites for hydroxylation is 1. The van der Waals surface area contributed by atoms with Crippen molar-refractivity contribution in [3.8, 4) is 0 Å². The van der Waals surface area contributed by atoms with Gasteiger partial charge in [0, 0.05) is 36.3 Å². The first kappa shape index (κ1) is 14.0. The molecule has 0 saturated carbocycles. The van der Waals surface area contributed by atoms with Gasteiger partial charge in [-0.1, -0.05) is 17.7 Å². The van der Waals surface area contributed by atoms with E-state index < -0.39 is 0 Å². The Bertz CT molecular complexity index is 674. The van der Waals surface area contributed by atoms with E-state index >= 15 is 0 Å². The van der Waals surface area contributed by atoms with Crippen molar-refractivity contribution >= 4 is 37.8 Å². The fourth-order valence-electron chi connectivity index (χ4n) is 2.50. The molecule has 2 aromatic rings. The molecule has 1 aliphatic rings. The zero-order chi connectivity index (χ0) is 14.3. The van der Waals surface area contributed by atoms with Crippen molar-refractivity contribution in [1.29, 1.82) is 0 Å². The van der Waals surface area contributed by atoms with Crippen molar-refractivity contribution in [2.45, 2.75) is 19.9 Å². The standard InChI is InChI=1S/C15H14Br2N2O/c1-9-2-4-10(5-3-9)15(20)19-12-6-7-18-8-11(12)13(16)14(19)17/h2-5,18H,6-8H2,1H3. The summed E-state index contributed by atoms with van der Waals surface area (Å²) in [6.07, 6.45) is 0.858. The predicted octanol–water partition coefficient (Wildman–Crippen LogP) is 3.66. The summed E-state index contributed by atoms with van der Waals surface area (Å²) in [4.78, 5) is 12.8. The molecule has 1 aromatic heterocycles. The maximum Gasteiger partial charge on any atom is 0.263 e. The molecule has 0 unspecified atom stereocenters. The molecule has 0 fully saturated rings. The van der Waals surface area contributed by atoms with Gasteiger partial charge in [0.15, 0.2) is 0 Å². The van der Waals surface area contributed by atoms with Gasteiger partial charge in [-0.3, -0.25) is 9.36 Å². The Morgan fingerprint density at radius 3 is 2.65 bits per heavy atom. The van der Waals surface area contributed by atoms with Crippen LogP contribution in [0.15, 0.2) is 33.3 Å². The van der Waals surface area contributed by atoms with Crippen LogP contribution >= 0.6 is 31.9 Å². The molecule has 0 bridgehead atoms. The fourth-order valence-corrected chi connectivity index (χ4v) is 3.66. The molecule has 20 heavy (non-hydrogen) atoms. The van der Waals surface area contributed by atoms with Gasteiger partial charge in [0.1, 0.15) is 4.60 Å². The first-order valence-electron chi connectivity index (χ1n) is 6.49. The summed E-state index contributed by atoms with van der Waals surface area (Å²) in [5.41, 5.74) is 4.12. The average molecular weight is 398 g/mol. The summed E-state index contributed by atoms with van der Waals surface area (Å²) in [7, 11) is 0. The Morgan fingerprint density at radius 1 is 1.25 bits per heavy atom. The van der Waals surface area contributed by atoms with Gasteiger partial charge in [0.05, 0.1) is 4.47 Å². The van der Waals surface area contributed by atoms with Gasteiger partial charge in [0.25, 0.3) is 5.91 Å². The van der Waals surface area contributed by atoms with Crippen LogP contribution in [0.2, 0.25) is 0 Å². The number of hydrogen-bond acceptors (Lipinski definition) is 2. The van der Waals surface area contributed by atoms with Crippen LogP contribution in [-0.2, 0) is 13.0 Å². The summed E-state index contributed by atoms with van der Waals surface area (Å²) in [6, 6.07) is 7.69. The maximum atomic E-state index is 12.8. The predicted molar refractivity (Wildman–Crippen MR) is 86.2 cm³/mol. The quantitative estimate of drug-likeness (QED) is 0.796. The van der Waals surface area contributed by atoms with Gasteiger partial charge in [-0.2, -0.15) is 0 Å². The third kappa shape index (κ3) is 2.28. The molecular formula is C15H14Br2N2O. The molecule has 1 aromatic carbocycles. The molecule has 0 amide bonds. The van der Waals surface area contributed by atoms with E-state index in [0.717, 1.165) is 39.8 Å². The molecule has 2 heterocycles. The molecule has 104 valence electrons. The molecule has 1 N–H and O–H groups in total. The van der Waals surface area contributed by atoms with Crippen molar-refractivity contribution in [2.75, 3.05) is 6.54 Å². The summed E-state index contributed by atoms with van der Waals surface area (Å²) < 4.78 is 3.56. The van der Waals surface area contributed by atoms with Crippen molar-refractivity contribution in [1.82, 2.24) is 9.88 Å². The Labute approximate surface area is 134 Å². The highest BCUT2D eigenvalue weighted by atomic mass is 79.9. The zero-order valence-corrected chi connectivity index (χ0v) is 14.2. The monoisotopic (exact) mass is 396 g/mol. The molecule has 3 nitrogen and oxygen atoms in total. The summed E-state index contributed by atoms with van der Waals surface area (Å²) >= 11 is 7.12. The molecule has 5 heteroatoms. The van der Waals surface area contributed by atoms with Crippen molar-refractivity contribution in [3.05, 3.63) is 55.7 Å². The number of benzene rings is 1. The Kier molecular flexibility index (Phi) is 3.84. The lowest BCUT2D eigenvalue weighted by Crippen LogP contribution is -2.26. The molecular weight excluding hydrogens is 384 g/mol. The number of carbonyl (C=O) groups is 1. The molecule has 0 aliphatic carbocycles. The number of hydrogen-bond donors (Lipinski definition) is 1. The number of halogens is 2. The number of fused-ring (bicyclic) bond motifs is 1. The van der Waals surface area contributed by atoms with E-state index in [2.05, 4.69) is 37.2 Å². The minimum Gasteiger partial charge on any atom is -0.312 e. The van der Waals surface area contributed by atoms with E-state index in [1.54, 1.807) is 4.57 Å². The number of nitrogens with one attached hydrogen (secondary N) is 1. The highest BCUT2D eigenvalue weighted by Gasteiger charge is 2.25. The maximum absolute atomic E-state index is 12.8. The number of rotatable bonds is 1. The summed E-state index contributed by atoms with van der Waals surface area (Å²) in [6.45, 7) is 3.71. The van der Waals surface area contributed by atoms with E-state index in [4.69, 9.17) is 0 Å². The van der Waals surface area contributed by atoms with E-state index in [0.29, 0.717) is 5.56 Å². The molecule has 0 radical (unpaired) electrons. The van der Waals surface area contributed by atoms with Gasteiger partial charge in [-0.05, 0) is 50.9 Å². The van der Waals surface area contributed by atoms with E-state index in [9.17, 15) is 4.79 Å². The summed E-state index contributed by atoms with van der Waals surface area (Å²) in [5.74, 6) is 0.0146. The SMILES string of the molecule is Cc1ccc(C(=O)n2c(Br)c(Br)c3c2CCNC3)cc1. The normalized spacial score (nSPS) is 14.2. The van der Waals surface area contributed by atoms with Crippen LogP contribution in [0, 0.1) is 6.92 Å².